The second-order valence-electron chi connectivity index (χ2n) is 2.42. The van der Waals surface area contributed by atoms with Crippen LogP contribution in [0.25, 0.3) is 0 Å². The Labute approximate surface area is 73.8 Å². The van der Waals surface area contributed by atoms with Crippen molar-refractivity contribution in [3.05, 3.63) is 22.4 Å². The Hall–Kier alpha value is -1.10. The zero-order chi connectivity index (χ0) is 8.55. The Morgan fingerprint density at radius 1 is 1.75 bits per heavy atom. The van der Waals surface area contributed by atoms with Gasteiger partial charge >= 0.3 is 0 Å². The molecule has 0 aromatic rings. The molecule has 2 heterocycles. The molecule has 4 nitrogen and oxygen atoms in total. The lowest BCUT2D eigenvalue weighted by atomic mass is 10.2. The minimum atomic E-state index is -0.387. The Morgan fingerprint density at radius 3 is 3.33 bits per heavy atom. The maximum atomic E-state index is 10.9. The molecule has 2 aliphatic rings. The van der Waals surface area contributed by atoms with Gasteiger partial charge in [-0.25, -0.2) is 0 Å². The fraction of sp³-hybridized carbons (Fsp3) is 0.286. The number of hydrogen-bond acceptors (Lipinski definition) is 4. The van der Waals surface area contributed by atoms with Crippen molar-refractivity contribution in [3.63, 3.8) is 0 Å². The summed E-state index contributed by atoms with van der Waals surface area (Å²) in [5.74, 6) is 1.05. The molecular weight excluding hydrogens is 176 g/mol. The predicted octanol–water partition coefficient (Wildman–Crippen LogP) is -0.109. The molecule has 12 heavy (non-hydrogen) atoms. The van der Waals surface area contributed by atoms with Gasteiger partial charge in [-0.05, 0) is 6.08 Å². The van der Waals surface area contributed by atoms with Gasteiger partial charge in [0.25, 0.3) is 0 Å². The third kappa shape index (κ3) is 1.06. The smallest absolute Gasteiger partial charge is 0.249 e. The number of carbonyl (C=O) groups excluding carboxylic acids is 1. The lowest BCUT2D eigenvalue weighted by molar-refractivity contribution is -0.114. The van der Waals surface area contributed by atoms with E-state index in [1.54, 1.807) is 6.08 Å². The maximum Gasteiger partial charge on any atom is 0.249 e. The summed E-state index contributed by atoms with van der Waals surface area (Å²) < 4.78 is 5.25. The van der Waals surface area contributed by atoms with Crippen molar-refractivity contribution in [2.24, 2.45) is 5.73 Å². The summed E-state index contributed by atoms with van der Waals surface area (Å²) in [5.41, 5.74) is 5.76. The van der Waals surface area contributed by atoms with Crippen molar-refractivity contribution in [1.82, 2.24) is 5.32 Å². The highest BCUT2D eigenvalue weighted by atomic mass is 32.2. The van der Waals surface area contributed by atoms with Crippen LogP contribution in [-0.4, -0.2) is 18.4 Å². The number of nitrogens with two attached hydrogens (primary N) is 1. The van der Waals surface area contributed by atoms with Gasteiger partial charge in [-0.3, -0.25) is 4.79 Å². The standard InChI is InChI=1S/C7H8N2O2S/c8-6(10)4-1-2-11-7-5(4)12-3-9-7/h1,9H,2-3H2,(H2,8,10). The van der Waals surface area contributed by atoms with E-state index in [9.17, 15) is 4.79 Å². The number of amides is 1. The number of carbonyl (C=O) groups is 1. The van der Waals surface area contributed by atoms with Gasteiger partial charge in [0, 0.05) is 0 Å². The number of rotatable bonds is 1. The molecule has 3 N–H and O–H groups in total. The van der Waals surface area contributed by atoms with Crippen LogP contribution in [0.3, 0.4) is 0 Å². The normalized spacial score (nSPS) is 20.8. The third-order valence-corrected chi connectivity index (χ3v) is 2.66. The largest absolute Gasteiger partial charge is 0.474 e. The van der Waals surface area contributed by atoms with Crippen LogP contribution in [0.1, 0.15) is 0 Å². The molecule has 0 unspecified atom stereocenters. The van der Waals surface area contributed by atoms with Gasteiger partial charge in [0.2, 0.25) is 11.8 Å². The molecule has 0 saturated carbocycles. The lowest BCUT2D eigenvalue weighted by Crippen LogP contribution is -2.20. The molecule has 0 fully saturated rings. The number of ether oxygens (including phenoxy) is 1. The van der Waals surface area contributed by atoms with Crippen LogP contribution < -0.4 is 11.1 Å². The SMILES string of the molecule is NC(=O)C1=CCOC2=C1SCN2. The van der Waals surface area contributed by atoms with Gasteiger partial charge in [0.1, 0.15) is 6.61 Å². The van der Waals surface area contributed by atoms with Crippen molar-refractivity contribution in [2.75, 3.05) is 12.5 Å². The number of primary amides is 1. The molecule has 1 amide bonds. The quantitative estimate of drug-likeness (QED) is 0.597. The molecule has 0 atom stereocenters. The summed E-state index contributed by atoms with van der Waals surface area (Å²) in [6.07, 6.45) is 1.71. The van der Waals surface area contributed by atoms with Crippen LogP contribution >= 0.6 is 11.8 Å². The van der Waals surface area contributed by atoms with Gasteiger partial charge in [0.05, 0.1) is 16.4 Å². The van der Waals surface area contributed by atoms with Gasteiger partial charge in [-0.1, -0.05) is 11.8 Å². The minimum Gasteiger partial charge on any atom is -0.474 e. The van der Waals surface area contributed by atoms with Crippen LogP contribution in [0.15, 0.2) is 22.4 Å². The van der Waals surface area contributed by atoms with Gasteiger partial charge in [0.15, 0.2) is 0 Å². The topological polar surface area (TPSA) is 64.4 Å². The first-order chi connectivity index (χ1) is 5.79. The van der Waals surface area contributed by atoms with Crippen LogP contribution in [0, 0.1) is 0 Å². The molecule has 0 aliphatic carbocycles. The molecule has 0 radical (unpaired) electrons. The Kier molecular flexibility index (Phi) is 1.73. The fourth-order valence-corrected chi connectivity index (χ4v) is 2.10. The van der Waals surface area contributed by atoms with Crippen LogP contribution in [0.5, 0.6) is 0 Å². The zero-order valence-corrected chi connectivity index (χ0v) is 7.11. The summed E-state index contributed by atoms with van der Waals surface area (Å²) in [4.78, 5) is 11.8. The molecule has 5 heteroatoms. The average molecular weight is 184 g/mol. The molecule has 0 bridgehead atoms. The second-order valence-corrected chi connectivity index (χ2v) is 3.40. The molecule has 2 aliphatic heterocycles. The van der Waals surface area contributed by atoms with Crippen molar-refractivity contribution in [1.29, 1.82) is 0 Å². The second kappa shape index (κ2) is 2.75. The van der Waals surface area contributed by atoms with Gasteiger partial charge < -0.3 is 15.8 Å². The molecule has 0 spiro atoms. The first kappa shape index (κ1) is 7.54. The van der Waals surface area contributed by atoms with E-state index in [1.807, 2.05) is 0 Å². The molecule has 0 aromatic heterocycles. The first-order valence-corrected chi connectivity index (χ1v) is 4.51. The lowest BCUT2D eigenvalue weighted by Gasteiger charge is -2.13. The van der Waals surface area contributed by atoms with E-state index < -0.39 is 0 Å². The van der Waals surface area contributed by atoms with E-state index in [4.69, 9.17) is 10.5 Å². The highest BCUT2D eigenvalue weighted by Gasteiger charge is 2.25. The van der Waals surface area contributed by atoms with E-state index in [2.05, 4.69) is 5.32 Å². The van der Waals surface area contributed by atoms with Gasteiger partial charge in [-0.15, -0.1) is 0 Å². The monoisotopic (exact) mass is 184 g/mol. The Morgan fingerprint density at radius 2 is 2.58 bits per heavy atom. The van der Waals surface area contributed by atoms with Crippen LogP contribution in [0.2, 0.25) is 0 Å². The Bertz CT molecular complexity index is 296. The third-order valence-electron chi connectivity index (χ3n) is 1.68. The van der Waals surface area contributed by atoms with Crippen LogP contribution in [-0.2, 0) is 9.53 Å². The predicted molar refractivity (Wildman–Crippen MR) is 45.8 cm³/mol. The van der Waals surface area contributed by atoms with Crippen LogP contribution in [0.4, 0.5) is 0 Å². The van der Waals surface area contributed by atoms with Gasteiger partial charge in [-0.2, -0.15) is 0 Å². The van der Waals surface area contributed by atoms with Crippen molar-refractivity contribution >= 4 is 17.7 Å². The Balaban J connectivity index is 2.34. The number of thioether (sulfide) groups is 1. The molecule has 2 rings (SSSR count). The summed E-state index contributed by atoms with van der Waals surface area (Å²) in [5, 5.41) is 3.02. The van der Waals surface area contributed by atoms with E-state index in [1.165, 1.54) is 11.8 Å². The molecular formula is C7H8N2O2S. The summed E-state index contributed by atoms with van der Waals surface area (Å²) in [7, 11) is 0. The van der Waals surface area contributed by atoms with E-state index in [-0.39, 0.29) is 5.91 Å². The van der Waals surface area contributed by atoms with Crippen molar-refractivity contribution in [2.45, 2.75) is 0 Å². The summed E-state index contributed by atoms with van der Waals surface area (Å²) in [6, 6.07) is 0. The number of hydrogen-bond donors (Lipinski definition) is 2. The van der Waals surface area contributed by atoms with E-state index in [0.29, 0.717) is 18.1 Å². The summed E-state index contributed by atoms with van der Waals surface area (Å²) in [6.45, 7) is 0.421. The van der Waals surface area contributed by atoms with Crippen molar-refractivity contribution < 1.29 is 9.53 Å². The maximum absolute atomic E-state index is 10.9. The zero-order valence-electron chi connectivity index (χ0n) is 6.29. The summed E-state index contributed by atoms with van der Waals surface area (Å²) >= 11 is 1.54. The fourth-order valence-electron chi connectivity index (χ4n) is 1.15. The van der Waals surface area contributed by atoms with Crippen molar-refractivity contribution in [3.8, 4) is 0 Å². The number of nitrogens with one attached hydrogen (secondary N) is 1. The first-order valence-electron chi connectivity index (χ1n) is 3.53. The minimum absolute atomic E-state index is 0.387. The molecule has 0 aromatic carbocycles. The average Bonchev–Trinajstić information content (AvgIpc) is 2.49. The highest BCUT2D eigenvalue weighted by molar-refractivity contribution is 8.03. The highest BCUT2D eigenvalue weighted by Crippen LogP contribution is 2.33. The van der Waals surface area contributed by atoms with E-state index in [0.717, 1.165) is 10.8 Å². The van der Waals surface area contributed by atoms with E-state index >= 15 is 0 Å². The molecule has 0 saturated heterocycles. The molecule has 64 valence electrons.